The molecule has 11 heteroatoms. The van der Waals surface area contributed by atoms with Crippen LogP contribution < -0.4 is 10.6 Å². The molecule has 2 aromatic rings. The van der Waals surface area contributed by atoms with Gasteiger partial charge in [-0.3, -0.25) is 9.69 Å². The number of pyridine rings is 1. The van der Waals surface area contributed by atoms with Gasteiger partial charge in [0.25, 0.3) is 0 Å². The van der Waals surface area contributed by atoms with Crippen molar-refractivity contribution < 1.29 is 27.5 Å². The lowest BCUT2D eigenvalue weighted by molar-refractivity contribution is -0.153. The van der Waals surface area contributed by atoms with Crippen molar-refractivity contribution in [1.29, 1.82) is 0 Å². The lowest BCUT2D eigenvalue weighted by atomic mass is 10.2. The lowest BCUT2D eigenvalue weighted by Gasteiger charge is -2.28. The average Bonchev–Trinajstić information content (AvgIpc) is 3.18. The van der Waals surface area contributed by atoms with Crippen LogP contribution in [0.25, 0.3) is 0 Å². The van der Waals surface area contributed by atoms with E-state index in [2.05, 4.69) is 4.98 Å². The molecule has 2 heterocycles. The van der Waals surface area contributed by atoms with Crippen LogP contribution in [0.2, 0.25) is 0 Å². The third-order valence-electron chi connectivity index (χ3n) is 3.80. The second-order valence-electron chi connectivity index (χ2n) is 9.00. The number of carbonyl (C=O) groups excluding carboxylic acids is 2. The minimum Gasteiger partial charge on any atom is -0.459 e. The van der Waals surface area contributed by atoms with Crippen LogP contribution in [0.15, 0.2) is 39.9 Å². The predicted molar refractivity (Wildman–Crippen MR) is 122 cm³/mol. The van der Waals surface area contributed by atoms with E-state index < -0.39 is 45.0 Å². The fraction of sp³-hybridized carbons (Fsp3) is 0.476. The van der Waals surface area contributed by atoms with Gasteiger partial charge in [-0.05, 0) is 65.1 Å². The summed E-state index contributed by atoms with van der Waals surface area (Å²) in [5, 5.41) is 1.65. The molecule has 176 valence electrons. The number of amides is 1. The molecule has 0 aliphatic rings. The first-order valence-corrected chi connectivity index (χ1v) is 12.3. The number of anilines is 1. The maximum Gasteiger partial charge on any atom is 0.416 e. The lowest BCUT2D eigenvalue weighted by Crippen LogP contribution is -2.42. The molecule has 1 atom stereocenters. The smallest absolute Gasteiger partial charge is 0.416 e. The molecule has 1 unspecified atom stereocenters. The molecule has 2 aromatic heterocycles. The number of rotatable bonds is 6. The highest BCUT2D eigenvalue weighted by atomic mass is 32.2. The number of hydrogen-bond acceptors (Lipinski definition) is 9. The normalized spacial score (nSPS) is 13.3. The summed E-state index contributed by atoms with van der Waals surface area (Å²) < 4.78 is 36.3. The summed E-state index contributed by atoms with van der Waals surface area (Å²) in [5.41, 5.74) is 4.45. The van der Waals surface area contributed by atoms with Crippen molar-refractivity contribution in [1.82, 2.24) is 4.98 Å². The number of carbonyl (C=O) groups is 2. The van der Waals surface area contributed by atoms with Crippen LogP contribution >= 0.6 is 11.3 Å². The number of sulfone groups is 1. The first-order chi connectivity index (χ1) is 14.6. The maximum atomic E-state index is 12.8. The molecule has 0 aliphatic carbocycles. The second-order valence-corrected chi connectivity index (χ2v) is 11.8. The van der Waals surface area contributed by atoms with Gasteiger partial charge in [0.1, 0.15) is 23.6 Å². The van der Waals surface area contributed by atoms with Crippen molar-refractivity contribution in [2.24, 2.45) is 5.73 Å². The van der Waals surface area contributed by atoms with E-state index in [0.717, 1.165) is 4.90 Å². The van der Waals surface area contributed by atoms with Gasteiger partial charge in [0.2, 0.25) is 9.84 Å². The van der Waals surface area contributed by atoms with E-state index in [1.165, 1.54) is 41.0 Å². The maximum absolute atomic E-state index is 12.8. The van der Waals surface area contributed by atoms with Gasteiger partial charge in [-0.2, -0.15) is 11.3 Å². The number of hydrogen-bond donors (Lipinski definition) is 1. The largest absolute Gasteiger partial charge is 0.459 e. The minimum absolute atomic E-state index is 0.0126. The molecule has 0 bridgehead atoms. The number of thiophene rings is 1. The van der Waals surface area contributed by atoms with E-state index in [9.17, 15) is 18.0 Å². The zero-order chi connectivity index (χ0) is 24.3. The van der Waals surface area contributed by atoms with Crippen molar-refractivity contribution in [3.63, 3.8) is 0 Å². The van der Waals surface area contributed by atoms with Crippen LogP contribution in [0.5, 0.6) is 0 Å². The van der Waals surface area contributed by atoms with E-state index in [0.29, 0.717) is 0 Å². The Morgan fingerprint density at radius 1 is 1.09 bits per heavy atom. The predicted octanol–water partition coefficient (Wildman–Crippen LogP) is 3.66. The minimum atomic E-state index is -3.89. The standard InChI is InChI=1S/C21H29N3O6S2/c1-20(2,3)29-17(25)12-24(19(26)30-21(4,5)6)16-9-7-8-15(23-16)18(22)32(27,28)14-10-11-31-13-14/h7-11,13,18H,12,22H2,1-6H3. The van der Waals surface area contributed by atoms with Gasteiger partial charge in [-0.1, -0.05) is 6.07 Å². The van der Waals surface area contributed by atoms with Crippen molar-refractivity contribution in [2.75, 3.05) is 11.4 Å². The molecular weight excluding hydrogens is 454 g/mol. The fourth-order valence-electron chi connectivity index (χ4n) is 2.53. The summed E-state index contributed by atoms with van der Waals surface area (Å²) in [7, 11) is -3.89. The molecule has 0 fully saturated rings. The highest BCUT2D eigenvalue weighted by Gasteiger charge is 2.31. The third-order valence-corrected chi connectivity index (χ3v) is 6.46. The SMILES string of the molecule is CC(C)(C)OC(=O)CN(C(=O)OC(C)(C)C)c1cccc(C(N)S(=O)(=O)c2ccsc2)n1. The first-order valence-electron chi connectivity index (χ1n) is 9.81. The topological polar surface area (TPSA) is 129 Å². The molecule has 9 nitrogen and oxygen atoms in total. The van der Waals surface area contributed by atoms with E-state index in [-0.39, 0.29) is 16.4 Å². The van der Waals surface area contributed by atoms with Crippen molar-refractivity contribution in [3.8, 4) is 0 Å². The van der Waals surface area contributed by atoms with Crippen LogP contribution in [-0.4, -0.2) is 43.2 Å². The third kappa shape index (κ3) is 7.01. The van der Waals surface area contributed by atoms with Crippen molar-refractivity contribution in [2.45, 2.75) is 63.0 Å². The molecular formula is C21H29N3O6S2. The molecule has 0 aliphatic heterocycles. The molecule has 0 spiro atoms. The number of ether oxygens (including phenoxy) is 2. The van der Waals surface area contributed by atoms with Crippen LogP contribution in [0, 0.1) is 0 Å². The van der Waals surface area contributed by atoms with Gasteiger partial charge in [0.15, 0.2) is 5.37 Å². The number of aromatic nitrogens is 1. The van der Waals surface area contributed by atoms with Gasteiger partial charge in [-0.15, -0.1) is 0 Å². The fourth-order valence-corrected chi connectivity index (χ4v) is 4.83. The zero-order valence-electron chi connectivity index (χ0n) is 19.0. The average molecular weight is 484 g/mol. The Hall–Kier alpha value is -2.50. The van der Waals surface area contributed by atoms with E-state index in [1.54, 1.807) is 46.9 Å². The second kappa shape index (κ2) is 9.55. The number of nitrogens with two attached hydrogens (primary N) is 1. The highest BCUT2D eigenvalue weighted by molar-refractivity contribution is 7.91. The summed E-state index contributed by atoms with van der Waals surface area (Å²) in [5.74, 6) is -0.663. The quantitative estimate of drug-likeness (QED) is 0.616. The van der Waals surface area contributed by atoms with Gasteiger partial charge < -0.3 is 15.2 Å². The molecule has 0 saturated carbocycles. The monoisotopic (exact) mass is 483 g/mol. The van der Waals surface area contributed by atoms with Crippen molar-refractivity contribution in [3.05, 3.63) is 40.7 Å². The Morgan fingerprint density at radius 2 is 1.72 bits per heavy atom. The molecule has 2 N–H and O–H groups in total. The van der Waals surface area contributed by atoms with Gasteiger partial charge >= 0.3 is 12.1 Å². The first kappa shape index (κ1) is 25.8. The highest BCUT2D eigenvalue weighted by Crippen LogP contribution is 2.27. The van der Waals surface area contributed by atoms with Gasteiger partial charge in [0, 0.05) is 5.38 Å². The molecule has 0 aromatic carbocycles. The van der Waals surface area contributed by atoms with Crippen molar-refractivity contribution >= 4 is 39.1 Å². The molecule has 32 heavy (non-hydrogen) atoms. The van der Waals surface area contributed by atoms with Crippen LogP contribution in [0.4, 0.5) is 10.6 Å². The Labute approximate surface area is 192 Å². The zero-order valence-corrected chi connectivity index (χ0v) is 20.6. The molecule has 1 amide bonds. The van der Waals surface area contributed by atoms with Crippen LogP contribution in [0.1, 0.15) is 52.6 Å². The summed E-state index contributed by atoms with van der Waals surface area (Å²) >= 11 is 1.23. The summed E-state index contributed by atoms with van der Waals surface area (Å²) in [6, 6.07) is 5.87. The summed E-state index contributed by atoms with van der Waals surface area (Å²) in [4.78, 5) is 30.6. The summed E-state index contributed by atoms with van der Waals surface area (Å²) in [6.45, 7) is 9.69. The van der Waals surface area contributed by atoms with Gasteiger partial charge in [-0.25, -0.2) is 18.2 Å². The van der Waals surface area contributed by atoms with E-state index >= 15 is 0 Å². The molecule has 2 rings (SSSR count). The molecule has 0 saturated heterocycles. The Morgan fingerprint density at radius 3 is 2.25 bits per heavy atom. The Balaban J connectivity index is 2.41. The van der Waals surface area contributed by atoms with Gasteiger partial charge in [0.05, 0.1) is 10.6 Å². The Kier molecular flexibility index (Phi) is 7.69. The van der Waals surface area contributed by atoms with Crippen LogP contribution in [-0.2, 0) is 24.1 Å². The van der Waals surface area contributed by atoms with E-state index in [1.807, 2.05) is 0 Å². The number of nitrogens with zero attached hydrogens (tertiary/aromatic N) is 2. The Bertz CT molecular complexity index is 1050. The molecule has 0 radical (unpaired) electrons. The van der Waals surface area contributed by atoms with E-state index in [4.69, 9.17) is 15.2 Å². The number of esters is 1. The van der Waals surface area contributed by atoms with Crippen LogP contribution in [0.3, 0.4) is 0 Å². The summed E-state index contributed by atoms with van der Waals surface area (Å²) in [6.07, 6.45) is -0.831.